The smallest absolute Gasteiger partial charge is 0.306 e. The summed E-state index contributed by atoms with van der Waals surface area (Å²) >= 11 is 0. The monoisotopic (exact) mass is 289 g/mol. The van der Waals surface area contributed by atoms with Crippen molar-refractivity contribution >= 4 is 11.9 Å². The zero-order valence-corrected chi connectivity index (χ0v) is 11.4. The molecule has 0 heterocycles. The van der Waals surface area contributed by atoms with Crippen LogP contribution < -0.4 is 0 Å². The second-order valence-corrected chi connectivity index (χ2v) is 4.57. The summed E-state index contributed by atoms with van der Waals surface area (Å²) < 4.78 is 5.10. The van der Waals surface area contributed by atoms with Crippen LogP contribution in [0, 0.1) is 16.0 Å². The first-order chi connectivity index (χ1) is 10.0. The molecule has 1 N–H and O–H groups in total. The van der Waals surface area contributed by atoms with Gasteiger partial charge in [-0.1, -0.05) is 36.4 Å². The fourth-order valence-electron chi connectivity index (χ4n) is 2.29. The van der Waals surface area contributed by atoms with Crippen molar-refractivity contribution < 1.29 is 19.6 Å². The maximum Gasteiger partial charge on any atom is 0.306 e. The fraction of sp³-hybridized carbons (Fsp3) is 0.267. The zero-order chi connectivity index (χ0) is 15.5. The molecule has 0 aliphatic heterocycles. The van der Waals surface area contributed by atoms with Crippen molar-refractivity contribution in [2.24, 2.45) is 5.92 Å². The number of nitro groups is 1. The number of aldehydes is 1. The van der Waals surface area contributed by atoms with Gasteiger partial charge in [-0.3, -0.25) is 10.1 Å². The molecule has 0 saturated heterocycles. The Morgan fingerprint density at radius 1 is 1.43 bits per heavy atom. The van der Waals surface area contributed by atoms with Crippen molar-refractivity contribution in [1.29, 1.82) is 0 Å². The van der Waals surface area contributed by atoms with E-state index >= 15 is 0 Å². The van der Waals surface area contributed by atoms with Crippen molar-refractivity contribution in [3.8, 4) is 0 Å². The summed E-state index contributed by atoms with van der Waals surface area (Å²) in [4.78, 5) is 21.8. The Balaban J connectivity index is 2.54. The Kier molecular flexibility index (Phi) is 4.30. The van der Waals surface area contributed by atoms with Gasteiger partial charge in [0.1, 0.15) is 6.29 Å². The second-order valence-electron chi connectivity index (χ2n) is 4.57. The SMILES string of the molecule is CCOC1(O)C([N+](=O)[O-])=CC(c2ccccc2)=CC1C=O. The van der Waals surface area contributed by atoms with Gasteiger partial charge in [0.15, 0.2) is 0 Å². The molecule has 0 saturated carbocycles. The molecule has 6 nitrogen and oxygen atoms in total. The van der Waals surface area contributed by atoms with Crippen LogP contribution in [0.1, 0.15) is 12.5 Å². The first-order valence-corrected chi connectivity index (χ1v) is 6.48. The van der Waals surface area contributed by atoms with E-state index in [1.165, 1.54) is 12.2 Å². The van der Waals surface area contributed by atoms with E-state index in [9.17, 15) is 20.0 Å². The van der Waals surface area contributed by atoms with Gasteiger partial charge < -0.3 is 14.6 Å². The van der Waals surface area contributed by atoms with Crippen molar-refractivity contribution in [2.75, 3.05) is 6.61 Å². The van der Waals surface area contributed by atoms with Gasteiger partial charge in [-0.15, -0.1) is 0 Å². The number of nitrogens with zero attached hydrogens (tertiary/aromatic N) is 1. The molecule has 2 atom stereocenters. The van der Waals surface area contributed by atoms with Crippen LogP contribution in [0.25, 0.3) is 5.57 Å². The molecule has 2 unspecified atom stereocenters. The third-order valence-corrected chi connectivity index (χ3v) is 3.28. The number of hydrogen-bond donors (Lipinski definition) is 1. The van der Waals surface area contributed by atoms with E-state index in [0.717, 1.165) is 5.56 Å². The van der Waals surface area contributed by atoms with Gasteiger partial charge in [-0.05, 0) is 18.1 Å². The molecule has 0 amide bonds. The molecule has 1 aliphatic rings. The molecular formula is C15H15NO5. The van der Waals surface area contributed by atoms with Crippen molar-refractivity contribution in [2.45, 2.75) is 12.7 Å². The lowest BCUT2D eigenvalue weighted by atomic mass is 9.86. The molecule has 0 fully saturated rings. The Morgan fingerprint density at radius 2 is 2.10 bits per heavy atom. The maximum absolute atomic E-state index is 11.3. The van der Waals surface area contributed by atoms with Gasteiger partial charge >= 0.3 is 5.70 Å². The average molecular weight is 289 g/mol. The first kappa shape index (κ1) is 15.1. The summed E-state index contributed by atoms with van der Waals surface area (Å²) in [6.45, 7) is 1.63. The summed E-state index contributed by atoms with van der Waals surface area (Å²) in [6, 6.07) is 8.93. The normalized spacial score (nSPS) is 25.0. The Morgan fingerprint density at radius 3 is 2.62 bits per heavy atom. The van der Waals surface area contributed by atoms with Crippen LogP contribution in [0.2, 0.25) is 0 Å². The van der Waals surface area contributed by atoms with E-state index in [0.29, 0.717) is 11.9 Å². The number of rotatable bonds is 5. The van der Waals surface area contributed by atoms with Crippen LogP contribution in [0.4, 0.5) is 0 Å². The minimum Gasteiger partial charge on any atom is -0.356 e. The van der Waals surface area contributed by atoms with Crippen molar-refractivity contribution in [3.05, 3.63) is 63.9 Å². The lowest BCUT2D eigenvalue weighted by Crippen LogP contribution is -2.46. The van der Waals surface area contributed by atoms with E-state index in [2.05, 4.69) is 0 Å². The molecule has 0 radical (unpaired) electrons. The molecule has 2 rings (SSSR count). The first-order valence-electron chi connectivity index (χ1n) is 6.48. The predicted molar refractivity (Wildman–Crippen MR) is 75.6 cm³/mol. The van der Waals surface area contributed by atoms with Crippen LogP contribution in [-0.4, -0.2) is 28.7 Å². The van der Waals surface area contributed by atoms with Gasteiger partial charge in [-0.25, -0.2) is 0 Å². The van der Waals surface area contributed by atoms with E-state index in [1.807, 2.05) is 6.07 Å². The van der Waals surface area contributed by atoms with Gasteiger partial charge in [0.05, 0.1) is 10.8 Å². The Labute approximate surface area is 121 Å². The van der Waals surface area contributed by atoms with Crippen LogP contribution in [0.15, 0.2) is 48.2 Å². The zero-order valence-electron chi connectivity index (χ0n) is 11.4. The molecular weight excluding hydrogens is 274 g/mol. The number of carbonyl (C=O) groups is 1. The second kappa shape index (κ2) is 5.99. The van der Waals surface area contributed by atoms with Gasteiger partial charge in [0, 0.05) is 12.7 Å². The number of hydrogen-bond acceptors (Lipinski definition) is 5. The van der Waals surface area contributed by atoms with Gasteiger partial charge in [-0.2, -0.15) is 0 Å². The number of allylic oxidation sites excluding steroid dienone is 2. The fourth-order valence-corrected chi connectivity index (χ4v) is 2.29. The molecule has 6 heteroatoms. The third-order valence-electron chi connectivity index (χ3n) is 3.28. The molecule has 0 spiro atoms. The highest BCUT2D eigenvalue weighted by Gasteiger charge is 2.50. The van der Waals surface area contributed by atoms with E-state index in [-0.39, 0.29) is 6.61 Å². The minimum atomic E-state index is -2.24. The largest absolute Gasteiger partial charge is 0.356 e. The van der Waals surface area contributed by atoms with Crippen LogP contribution in [0.3, 0.4) is 0 Å². The quantitative estimate of drug-likeness (QED) is 0.386. The molecule has 110 valence electrons. The van der Waals surface area contributed by atoms with Crippen LogP contribution >= 0.6 is 0 Å². The minimum absolute atomic E-state index is 0.0422. The summed E-state index contributed by atoms with van der Waals surface area (Å²) in [5.74, 6) is -3.38. The van der Waals surface area contributed by atoms with Crippen LogP contribution in [-0.2, 0) is 9.53 Å². The van der Waals surface area contributed by atoms with Crippen molar-refractivity contribution in [3.63, 3.8) is 0 Å². The molecule has 1 aliphatic carbocycles. The van der Waals surface area contributed by atoms with Gasteiger partial charge in [0.2, 0.25) is 0 Å². The molecule has 0 bridgehead atoms. The number of ether oxygens (including phenoxy) is 1. The molecule has 1 aromatic carbocycles. The Hall–Kier alpha value is -2.31. The summed E-state index contributed by atoms with van der Waals surface area (Å²) in [5.41, 5.74) is 0.689. The van der Waals surface area contributed by atoms with E-state index < -0.39 is 22.3 Å². The summed E-state index contributed by atoms with van der Waals surface area (Å²) in [7, 11) is 0. The lowest BCUT2D eigenvalue weighted by Gasteiger charge is -2.31. The molecule has 0 aromatic heterocycles. The molecule has 1 aromatic rings. The topological polar surface area (TPSA) is 89.7 Å². The number of carbonyl (C=O) groups excluding carboxylic acids is 1. The summed E-state index contributed by atoms with van der Waals surface area (Å²) in [6.07, 6.45) is 3.17. The highest BCUT2D eigenvalue weighted by Crippen LogP contribution is 2.36. The van der Waals surface area contributed by atoms with E-state index in [1.54, 1.807) is 31.2 Å². The van der Waals surface area contributed by atoms with Crippen LogP contribution in [0.5, 0.6) is 0 Å². The summed E-state index contributed by atoms with van der Waals surface area (Å²) in [5, 5.41) is 21.7. The Bertz CT molecular complexity index is 608. The average Bonchev–Trinajstić information content (AvgIpc) is 2.48. The van der Waals surface area contributed by atoms with Crippen molar-refractivity contribution in [1.82, 2.24) is 0 Å². The standard InChI is InChI=1S/C15H15NO5/c1-2-21-15(18)13(10-17)8-12(9-14(15)16(19)20)11-6-4-3-5-7-11/h3-10,13,18H,2H2,1H3. The highest BCUT2D eigenvalue weighted by molar-refractivity contribution is 5.80. The number of aliphatic hydroxyl groups is 1. The predicted octanol–water partition coefficient (Wildman–Crippen LogP) is 1.78. The molecule has 21 heavy (non-hydrogen) atoms. The van der Waals surface area contributed by atoms with E-state index in [4.69, 9.17) is 4.74 Å². The number of benzene rings is 1. The highest BCUT2D eigenvalue weighted by atomic mass is 16.7. The van der Waals surface area contributed by atoms with Gasteiger partial charge in [0.25, 0.3) is 5.79 Å². The third kappa shape index (κ3) is 2.76. The lowest BCUT2D eigenvalue weighted by molar-refractivity contribution is -0.465. The maximum atomic E-state index is 11.3.